The van der Waals surface area contributed by atoms with Gasteiger partial charge in [0.15, 0.2) is 6.61 Å². The molecule has 1 amide bonds. The Labute approximate surface area is 156 Å². The normalized spacial score (nSPS) is 12.6. The van der Waals surface area contributed by atoms with E-state index in [0.717, 1.165) is 17.7 Å². The fourth-order valence-corrected chi connectivity index (χ4v) is 3.66. The molecule has 1 aliphatic heterocycles. The summed E-state index contributed by atoms with van der Waals surface area (Å²) in [5.41, 5.74) is 2.37. The summed E-state index contributed by atoms with van der Waals surface area (Å²) in [6.45, 7) is 1.79. The maximum atomic E-state index is 12.4. The van der Waals surface area contributed by atoms with Crippen LogP contribution in [0.15, 0.2) is 53.4 Å². The quantitative estimate of drug-likeness (QED) is 0.578. The van der Waals surface area contributed by atoms with Crippen LogP contribution in [0.25, 0.3) is 0 Å². The molecule has 2 aromatic rings. The van der Waals surface area contributed by atoms with E-state index in [-0.39, 0.29) is 24.1 Å². The van der Waals surface area contributed by atoms with Gasteiger partial charge in [0, 0.05) is 17.1 Å². The molecular formula is C20H19NO4S. The number of rotatable bonds is 6. The van der Waals surface area contributed by atoms with Gasteiger partial charge < -0.3 is 9.64 Å². The summed E-state index contributed by atoms with van der Waals surface area (Å²) in [7, 11) is 0. The van der Waals surface area contributed by atoms with Gasteiger partial charge >= 0.3 is 5.97 Å². The zero-order chi connectivity index (χ0) is 18.5. The van der Waals surface area contributed by atoms with Gasteiger partial charge in [-0.3, -0.25) is 9.59 Å². The molecule has 3 rings (SSSR count). The first-order valence-corrected chi connectivity index (χ1v) is 9.31. The lowest BCUT2D eigenvalue weighted by atomic mass is 10.2. The largest absolute Gasteiger partial charge is 0.452 e. The number of fused-ring (bicyclic) bond motifs is 1. The van der Waals surface area contributed by atoms with Crippen molar-refractivity contribution in [1.29, 1.82) is 0 Å². The van der Waals surface area contributed by atoms with Crippen LogP contribution in [-0.2, 0) is 20.7 Å². The number of ether oxygens (including phenoxy) is 1. The second-order valence-electron chi connectivity index (χ2n) is 5.99. The molecule has 0 unspecified atom stereocenters. The van der Waals surface area contributed by atoms with Crippen LogP contribution in [-0.4, -0.2) is 36.6 Å². The van der Waals surface area contributed by atoms with Gasteiger partial charge in [-0.15, -0.1) is 11.8 Å². The van der Waals surface area contributed by atoms with Gasteiger partial charge in [0.05, 0.1) is 11.3 Å². The number of carbonyl (C=O) groups is 3. The van der Waals surface area contributed by atoms with Crippen molar-refractivity contribution in [2.24, 2.45) is 0 Å². The van der Waals surface area contributed by atoms with Crippen LogP contribution in [0.1, 0.15) is 22.8 Å². The van der Waals surface area contributed by atoms with E-state index in [4.69, 9.17) is 4.74 Å². The van der Waals surface area contributed by atoms with Gasteiger partial charge in [-0.05, 0) is 37.1 Å². The summed E-state index contributed by atoms with van der Waals surface area (Å²) in [4.78, 5) is 38.3. The number of Topliss-reactive ketones (excluding diaryl/α,β-unsaturated/α-hetero) is 1. The van der Waals surface area contributed by atoms with Crippen LogP contribution in [0.5, 0.6) is 0 Å². The highest BCUT2D eigenvalue weighted by Crippen LogP contribution is 2.27. The zero-order valence-electron chi connectivity index (χ0n) is 14.4. The number of benzene rings is 2. The SMILES string of the molecule is CC(=O)CSc1ccccc1C(=O)OCC(=O)N1CCc2ccccc21. The van der Waals surface area contributed by atoms with Crippen molar-refractivity contribution < 1.29 is 19.1 Å². The van der Waals surface area contributed by atoms with Crippen molar-refractivity contribution in [2.75, 3.05) is 23.8 Å². The summed E-state index contributed by atoms with van der Waals surface area (Å²) < 4.78 is 5.24. The maximum absolute atomic E-state index is 12.4. The Kier molecular flexibility index (Phi) is 5.73. The van der Waals surface area contributed by atoms with E-state index in [2.05, 4.69) is 0 Å². The fraction of sp³-hybridized carbons (Fsp3) is 0.250. The van der Waals surface area contributed by atoms with Crippen LogP contribution in [0, 0.1) is 0 Å². The van der Waals surface area contributed by atoms with Crippen molar-refractivity contribution in [1.82, 2.24) is 0 Å². The van der Waals surface area contributed by atoms with Gasteiger partial charge in [0.2, 0.25) is 0 Å². The lowest BCUT2D eigenvalue weighted by molar-refractivity contribution is -0.121. The molecule has 6 heteroatoms. The van der Waals surface area contributed by atoms with Gasteiger partial charge in [-0.25, -0.2) is 4.79 Å². The molecule has 26 heavy (non-hydrogen) atoms. The first-order chi connectivity index (χ1) is 12.6. The second-order valence-corrected chi connectivity index (χ2v) is 7.00. The Morgan fingerprint density at radius 1 is 1.08 bits per heavy atom. The summed E-state index contributed by atoms with van der Waals surface area (Å²) in [5, 5.41) is 0. The molecule has 0 aliphatic carbocycles. The Morgan fingerprint density at radius 3 is 2.62 bits per heavy atom. The highest BCUT2D eigenvalue weighted by molar-refractivity contribution is 8.00. The zero-order valence-corrected chi connectivity index (χ0v) is 15.3. The Bertz CT molecular complexity index is 849. The molecule has 1 aliphatic rings. The summed E-state index contributed by atoms with van der Waals surface area (Å²) in [5.74, 6) is -0.482. The lowest BCUT2D eigenvalue weighted by Crippen LogP contribution is -2.33. The maximum Gasteiger partial charge on any atom is 0.339 e. The van der Waals surface area contributed by atoms with E-state index in [1.165, 1.54) is 18.7 Å². The minimum atomic E-state index is -0.558. The molecule has 2 aromatic carbocycles. The Balaban J connectivity index is 1.63. The number of anilines is 1. The molecule has 0 bridgehead atoms. The summed E-state index contributed by atoms with van der Waals surface area (Å²) >= 11 is 1.29. The van der Waals surface area contributed by atoms with Crippen molar-refractivity contribution in [3.05, 3.63) is 59.7 Å². The predicted octanol–water partition coefficient (Wildman–Crippen LogP) is 3.11. The molecule has 0 radical (unpaired) electrons. The molecule has 134 valence electrons. The van der Waals surface area contributed by atoms with Crippen molar-refractivity contribution in [2.45, 2.75) is 18.2 Å². The first-order valence-electron chi connectivity index (χ1n) is 8.33. The molecule has 0 saturated heterocycles. The van der Waals surface area contributed by atoms with Crippen LogP contribution >= 0.6 is 11.8 Å². The van der Waals surface area contributed by atoms with Crippen molar-refractivity contribution in [3.63, 3.8) is 0 Å². The van der Waals surface area contributed by atoms with Crippen molar-refractivity contribution in [3.8, 4) is 0 Å². The average molecular weight is 369 g/mol. The number of ketones is 1. The molecule has 0 spiro atoms. The lowest BCUT2D eigenvalue weighted by Gasteiger charge is -2.17. The number of hydrogen-bond acceptors (Lipinski definition) is 5. The number of para-hydroxylation sites is 1. The van der Waals surface area contributed by atoms with E-state index < -0.39 is 5.97 Å². The number of esters is 1. The third kappa shape index (κ3) is 4.14. The second kappa shape index (κ2) is 8.19. The first kappa shape index (κ1) is 18.2. The van der Waals surface area contributed by atoms with E-state index in [0.29, 0.717) is 17.0 Å². The topological polar surface area (TPSA) is 63.7 Å². The molecule has 0 fully saturated rings. The van der Waals surface area contributed by atoms with Gasteiger partial charge in [-0.2, -0.15) is 0 Å². The van der Waals surface area contributed by atoms with Gasteiger partial charge in [-0.1, -0.05) is 30.3 Å². The van der Waals surface area contributed by atoms with Crippen LogP contribution < -0.4 is 4.90 Å². The Hall–Kier alpha value is -2.60. The standard InChI is InChI=1S/C20H19NO4S/c1-14(22)13-26-18-9-5-3-7-16(18)20(24)25-12-19(23)21-11-10-15-6-2-4-8-17(15)21/h2-9H,10-13H2,1H3. The smallest absolute Gasteiger partial charge is 0.339 e. The van der Waals surface area contributed by atoms with E-state index in [1.54, 1.807) is 29.2 Å². The minimum Gasteiger partial charge on any atom is -0.452 e. The average Bonchev–Trinajstić information content (AvgIpc) is 3.08. The third-order valence-corrected chi connectivity index (χ3v) is 5.27. The Morgan fingerprint density at radius 2 is 1.81 bits per heavy atom. The van der Waals surface area contributed by atoms with Crippen LogP contribution in [0.4, 0.5) is 5.69 Å². The van der Waals surface area contributed by atoms with Gasteiger partial charge in [0.1, 0.15) is 5.78 Å². The van der Waals surface area contributed by atoms with E-state index in [9.17, 15) is 14.4 Å². The van der Waals surface area contributed by atoms with Crippen LogP contribution in [0.3, 0.4) is 0 Å². The van der Waals surface area contributed by atoms with Crippen molar-refractivity contribution >= 4 is 35.1 Å². The highest BCUT2D eigenvalue weighted by atomic mass is 32.2. The van der Waals surface area contributed by atoms with E-state index in [1.807, 2.05) is 24.3 Å². The minimum absolute atomic E-state index is 0.0287. The monoisotopic (exact) mass is 369 g/mol. The van der Waals surface area contributed by atoms with Gasteiger partial charge in [0.25, 0.3) is 5.91 Å². The number of hydrogen-bond donors (Lipinski definition) is 0. The molecule has 1 heterocycles. The van der Waals surface area contributed by atoms with Crippen LogP contribution in [0.2, 0.25) is 0 Å². The number of thioether (sulfide) groups is 1. The molecule has 0 atom stereocenters. The third-order valence-electron chi connectivity index (χ3n) is 4.05. The van der Waals surface area contributed by atoms with E-state index >= 15 is 0 Å². The molecule has 5 nitrogen and oxygen atoms in total. The number of carbonyl (C=O) groups excluding carboxylic acids is 3. The molecular weight excluding hydrogens is 350 g/mol. The predicted molar refractivity (Wildman–Crippen MR) is 101 cm³/mol. The summed E-state index contributed by atoms with van der Waals surface area (Å²) in [6, 6.07) is 14.7. The molecule has 0 aromatic heterocycles. The number of amides is 1. The summed E-state index contributed by atoms with van der Waals surface area (Å²) in [6.07, 6.45) is 0.806. The molecule has 0 saturated carbocycles. The number of nitrogens with zero attached hydrogens (tertiary/aromatic N) is 1. The molecule has 0 N–H and O–H groups in total. The highest BCUT2D eigenvalue weighted by Gasteiger charge is 2.25. The fourth-order valence-electron chi connectivity index (χ4n) is 2.82.